The van der Waals surface area contributed by atoms with E-state index in [9.17, 15) is 16.8 Å². The zero-order valence-corrected chi connectivity index (χ0v) is 13.2. The summed E-state index contributed by atoms with van der Waals surface area (Å²) in [6, 6.07) is 3.65. The van der Waals surface area contributed by atoms with Crippen molar-refractivity contribution in [2.75, 3.05) is 12.8 Å². The van der Waals surface area contributed by atoms with E-state index in [1.807, 2.05) is 0 Å². The third-order valence-electron chi connectivity index (χ3n) is 2.25. The minimum atomic E-state index is -4.39. The van der Waals surface area contributed by atoms with Gasteiger partial charge in [-0.3, -0.25) is 4.55 Å². The van der Waals surface area contributed by atoms with E-state index in [4.69, 9.17) is 9.81 Å². The molecule has 1 aromatic rings. The molecule has 0 aliphatic heterocycles. The molecular weight excluding hydrogens is 346 g/mol. The minimum absolute atomic E-state index is 0.0809. The number of sulfonamides is 1. The van der Waals surface area contributed by atoms with Crippen LogP contribution in [-0.2, 0) is 35.9 Å². The van der Waals surface area contributed by atoms with Crippen LogP contribution in [0.5, 0.6) is 0 Å². The van der Waals surface area contributed by atoms with Crippen LogP contribution in [0, 0.1) is 0 Å². The molecule has 0 heterocycles. The Kier molecular flexibility index (Phi) is 6.55. The molecule has 3 N–H and O–H groups in total. The van der Waals surface area contributed by atoms with Gasteiger partial charge < -0.3 is 0 Å². The van der Waals surface area contributed by atoms with Gasteiger partial charge in [0, 0.05) is 11.4 Å². The Morgan fingerprint density at radius 2 is 1.95 bits per heavy atom. The van der Waals surface area contributed by atoms with Gasteiger partial charge in [-0.25, -0.2) is 18.4 Å². The molecular formula is C9H13NO8S3. The van der Waals surface area contributed by atoms with Crippen LogP contribution in [0.3, 0.4) is 0 Å². The first-order valence-corrected chi connectivity index (χ1v) is 9.40. The van der Waals surface area contributed by atoms with Gasteiger partial charge in [0.15, 0.2) is 0 Å². The van der Waals surface area contributed by atoms with Crippen LogP contribution >= 0.6 is 12.0 Å². The molecule has 9 nitrogen and oxygen atoms in total. The molecule has 12 heteroatoms. The van der Waals surface area contributed by atoms with E-state index >= 15 is 0 Å². The average Bonchev–Trinajstić information content (AvgIpc) is 2.34. The topological polar surface area (TPSA) is 139 Å². The molecule has 0 atom stereocenters. The zero-order chi connectivity index (χ0) is 16.1. The fraction of sp³-hybridized carbons (Fsp3) is 0.333. The summed E-state index contributed by atoms with van der Waals surface area (Å²) < 4.78 is 59.5. The fourth-order valence-electron chi connectivity index (χ4n) is 1.40. The molecule has 0 aliphatic rings. The number of benzene rings is 1. The molecule has 0 aliphatic carbocycles. The number of hydrogen-bond acceptors (Lipinski definition) is 8. The van der Waals surface area contributed by atoms with Gasteiger partial charge in [0.1, 0.15) is 0 Å². The lowest BCUT2D eigenvalue weighted by molar-refractivity contribution is -0.432. The maximum absolute atomic E-state index is 11.0. The number of nitrogens with one attached hydrogen (secondary N) is 1. The van der Waals surface area contributed by atoms with Gasteiger partial charge >= 0.3 is 0 Å². The van der Waals surface area contributed by atoms with Crippen molar-refractivity contribution in [1.82, 2.24) is 4.72 Å². The molecule has 0 fully saturated rings. The Bertz CT molecular complexity index is 685. The lowest BCUT2D eigenvalue weighted by Crippen LogP contribution is -2.24. The minimum Gasteiger partial charge on any atom is -0.282 e. The molecule has 1 aromatic carbocycles. The summed E-state index contributed by atoms with van der Waals surface area (Å²) >= 11 is 0.510. The van der Waals surface area contributed by atoms with Crippen LogP contribution in [0.1, 0.15) is 5.56 Å². The Morgan fingerprint density at radius 3 is 2.48 bits per heavy atom. The van der Waals surface area contributed by atoms with E-state index in [2.05, 4.69) is 14.1 Å². The monoisotopic (exact) mass is 359 g/mol. The quantitative estimate of drug-likeness (QED) is 0.261. The average molecular weight is 359 g/mol. The third kappa shape index (κ3) is 6.71. The predicted octanol–water partition coefficient (Wildman–Crippen LogP) is 0.453. The molecule has 0 radical (unpaired) electrons. The van der Waals surface area contributed by atoms with Crippen molar-refractivity contribution in [3.8, 4) is 0 Å². The third-order valence-corrected chi connectivity index (χ3v) is 4.52. The smallest absolute Gasteiger partial charge is 0.282 e. The zero-order valence-electron chi connectivity index (χ0n) is 10.7. The maximum Gasteiger partial charge on any atom is 0.294 e. The predicted molar refractivity (Wildman–Crippen MR) is 73.5 cm³/mol. The van der Waals surface area contributed by atoms with Crippen molar-refractivity contribution < 1.29 is 36.0 Å². The Hall–Kier alpha value is -0.730. The van der Waals surface area contributed by atoms with Crippen molar-refractivity contribution in [2.24, 2.45) is 0 Å². The Balaban J connectivity index is 2.96. The van der Waals surface area contributed by atoms with Gasteiger partial charge in [-0.05, 0) is 24.1 Å². The molecule has 0 bridgehead atoms. The summed E-state index contributed by atoms with van der Waals surface area (Å²) in [6.45, 7) is 0.0809. The van der Waals surface area contributed by atoms with Crippen LogP contribution in [0.4, 0.5) is 0 Å². The van der Waals surface area contributed by atoms with Crippen molar-refractivity contribution in [2.45, 2.75) is 16.2 Å². The Morgan fingerprint density at radius 1 is 1.29 bits per heavy atom. The summed E-state index contributed by atoms with van der Waals surface area (Å²) in [5, 5.41) is 11.6. The molecule has 21 heavy (non-hydrogen) atoms. The lowest BCUT2D eigenvalue weighted by atomic mass is 10.1. The molecule has 0 aromatic heterocycles. The first-order valence-electron chi connectivity index (χ1n) is 5.33. The highest BCUT2D eigenvalue weighted by Crippen LogP contribution is 2.27. The van der Waals surface area contributed by atoms with Crippen LogP contribution < -0.4 is 4.72 Å². The number of hydrogen-bond donors (Lipinski definition) is 3. The largest absolute Gasteiger partial charge is 0.294 e. The van der Waals surface area contributed by atoms with Crippen molar-refractivity contribution in [3.05, 3.63) is 23.8 Å². The summed E-state index contributed by atoms with van der Waals surface area (Å²) in [5.41, 5.74) is 0.528. The first-order chi connectivity index (χ1) is 9.63. The van der Waals surface area contributed by atoms with Gasteiger partial charge in [-0.2, -0.15) is 8.42 Å². The highest BCUT2D eigenvalue weighted by molar-refractivity contribution is 7.94. The van der Waals surface area contributed by atoms with Crippen molar-refractivity contribution in [3.63, 3.8) is 0 Å². The molecule has 0 unspecified atom stereocenters. The van der Waals surface area contributed by atoms with Gasteiger partial charge in [0.25, 0.3) is 10.1 Å². The maximum atomic E-state index is 11.0. The second kappa shape index (κ2) is 7.51. The summed E-state index contributed by atoms with van der Waals surface area (Å²) in [4.78, 5) is -0.138. The number of rotatable bonds is 8. The van der Waals surface area contributed by atoms with Crippen LogP contribution in [0.2, 0.25) is 0 Å². The van der Waals surface area contributed by atoms with Gasteiger partial charge in [0.2, 0.25) is 10.0 Å². The molecule has 0 spiro atoms. The highest BCUT2D eigenvalue weighted by Gasteiger charge is 2.14. The van der Waals surface area contributed by atoms with E-state index in [1.54, 1.807) is 0 Å². The molecule has 1 rings (SSSR count). The molecule has 0 saturated carbocycles. The van der Waals surface area contributed by atoms with Gasteiger partial charge in [-0.1, -0.05) is 11.1 Å². The molecule has 0 amide bonds. The van der Waals surface area contributed by atoms with Crippen LogP contribution in [-0.4, -0.2) is 39.4 Å². The summed E-state index contributed by atoms with van der Waals surface area (Å²) in [5.74, 6) is 0. The normalized spacial score (nSPS) is 12.5. The van der Waals surface area contributed by atoms with Crippen molar-refractivity contribution in [1.29, 1.82) is 0 Å². The second-order valence-electron chi connectivity index (χ2n) is 3.89. The standard InChI is InChI=1S/C9H13NO8S3/c1-20(12,13)10-5-4-7-2-3-8(21(14,15)16)6-9(7)19-18-17-11/h2-3,6,10-11H,4-5H2,1H3,(H,14,15,16). The lowest BCUT2D eigenvalue weighted by Gasteiger charge is -2.09. The van der Waals surface area contributed by atoms with Crippen molar-refractivity contribution >= 4 is 32.2 Å². The van der Waals surface area contributed by atoms with Gasteiger partial charge in [0.05, 0.1) is 23.2 Å². The molecule has 120 valence electrons. The SMILES string of the molecule is CS(=O)(=O)NCCc1ccc(S(=O)(=O)O)cc1SOOO. The Labute approximate surface area is 126 Å². The first kappa shape index (κ1) is 18.3. The van der Waals surface area contributed by atoms with Gasteiger partial charge in [-0.15, -0.1) is 4.33 Å². The van der Waals surface area contributed by atoms with E-state index in [0.717, 1.165) is 18.4 Å². The van der Waals surface area contributed by atoms with Crippen LogP contribution in [0.15, 0.2) is 28.0 Å². The van der Waals surface area contributed by atoms with E-state index < -0.39 is 20.1 Å². The summed E-state index contributed by atoms with van der Waals surface area (Å²) in [6.07, 6.45) is 1.24. The molecule has 0 saturated heterocycles. The van der Waals surface area contributed by atoms with E-state index in [-0.39, 0.29) is 22.8 Å². The fourth-order valence-corrected chi connectivity index (χ4v) is 3.01. The van der Waals surface area contributed by atoms with Crippen LogP contribution in [0.25, 0.3) is 0 Å². The summed E-state index contributed by atoms with van der Waals surface area (Å²) in [7, 11) is -7.74. The second-order valence-corrected chi connectivity index (χ2v) is 7.88. The van der Waals surface area contributed by atoms with E-state index in [1.165, 1.54) is 6.07 Å². The van der Waals surface area contributed by atoms with E-state index in [0.29, 0.717) is 17.6 Å². The highest BCUT2D eigenvalue weighted by atomic mass is 32.2.